The van der Waals surface area contributed by atoms with Gasteiger partial charge in [0.15, 0.2) is 10.9 Å². The smallest absolute Gasteiger partial charge is 0.278 e. The van der Waals surface area contributed by atoms with Crippen LogP contribution in [0, 0.1) is 19.7 Å². The molecule has 0 saturated heterocycles. The van der Waals surface area contributed by atoms with Gasteiger partial charge in [-0.3, -0.25) is 19.4 Å². The number of amides is 2. The number of aromatic nitrogens is 3. The van der Waals surface area contributed by atoms with Gasteiger partial charge in [-0.25, -0.2) is 4.39 Å². The number of nitrogens with zero attached hydrogens (tertiary/aromatic N) is 2. The molecule has 2 aromatic carbocycles. The number of halogens is 2. The first-order valence-electron chi connectivity index (χ1n) is 9.84. The third-order valence-corrected chi connectivity index (χ3v) is 5.82. The summed E-state index contributed by atoms with van der Waals surface area (Å²) in [5, 5.41) is 12.9. The van der Waals surface area contributed by atoms with Crippen molar-refractivity contribution in [1.29, 1.82) is 0 Å². The summed E-state index contributed by atoms with van der Waals surface area (Å²) in [7, 11) is 0. The van der Waals surface area contributed by atoms with Crippen molar-refractivity contribution < 1.29 is 14.0 Å². The van der Waals surface area contributed by atoms with Crippen LogP contribution in [-0.2, 0) is 9.59 Å². The number of H-pyrrole nitrogens is 1. The largest absolute Gasteiger partial charge is 0.325 e. The zero-order chi connectivity index (χ0) is 24.3. The highest BCUT2D eigenvalue weighted by Gasteiger charge is 2.19. The summed E-state index contributed by atoms with van der Waals surface area (Å²) < 4.78 is 13.3. The van der Waals surface area contributed by atoms with Crippen LogP contribution in [0.1, 0.15) is 25.0 Å². The van der Waals surface area contributed by atoms with E-state index in [9.17, 15) is 18.8 Å². The van der Waals surface area contributed by atoms with E-state index in [4.69, 9.17) is 11.6 Å². The summed E-state index contributed by atoms with van der Waals surface area (Å²) in [6, 6.07) is 7.48. The minimum absolute atomic E-state index is 0.0490. The Hall–Kier alpha value is -3.24. The fraction of sp³-hybridized carbons (Fsp3) is 0.227. The SMILES string of the molecule is CC(=O)Nc1c(C)cc(C)cc1-c1nnc(SC(C)C(=O)Nc2ccc(F)c(Cl)c2)[nH]c1=O. The van der Waals surface area contributed by atoms with Crippen LogP contribution < -0.4 is 16.2 Å². The fourth-order valence-electron chi connectivity index (χ4n) is 3.09. The standard InChI is InChI=1S/C22H21ClFN5O3S/c1-10-7-11(2)18(25-13(4)30)15(8-10)19-21(32)27-22(29-28-19)33-12(3)20(31)26-14-5-6-17(24)16(23)9-14/h5-9,12H,1-4H3,(H,25,30)(H,26,31)(H,27,29,32). The lowest BCUT2D eigenvalue weighted by Gasteiger charge is -2.14. The summed E-state index contributed by atoms with van der Waals surface area (Å²) in [6.45, 7) is 6.69. The van der Waals surface area contributed by atoms with Gasteiger partial charge < -0.3 is 10.6 Å². The minimum Gasteiger partial charge on any atom is -0.325 e. The predicted molar refractivity (Wildman–Crippen MR) is 127 cm³/mol. The van der Waals surface area contributed by atoms with E-state index in [1.54, 1.807) is 13.0 Å². The molecule has 1 unspecified atom stereocenters. The van der Waals surface area contributed by atoms with Crippen molar-refractivity contribution in [3.8, 4) is 11.3 Å². The second-order valence-corrected chi connectivity index (χ2v) is 9.11. The van der Waals surface area contributed by atoms with Gasteiger partial charge in [-0.2, -0.15) is 0 Å². The number of carbonyl (C=O) groups is 2. The van der Waals surface area contributed by atoms with E-state index in [1.165, 1.54) is 19.1 Å². The van der Waals surface area contributed by atoms with Gasteiger partial charge in [0, 0.05) is 18.2 Å². The van der Waals surface area contributed by atoms with E-state index in [2.05, 4.69) is 25.8 Å². The van der Waals surface area contributed by atoms with Gasteiger partial charge in [0.05, 0.1) is 16.0 Å². The third-order valence-electron chi connectivity index (χ3n) is 4.56. The molecular formula is C22H21ClFN5O3S. The Kier molecular flexibility index (Phi) is 7.50. The average Bonchev–Trinajstić information content (AvgIpc) is 2.72. The summed E-state index contributed by atoms with van der Waals surface area (Å²) in [5.74, 6) is -1.26. The molecule has 8 nitrogen and oxygen atoms in total. The summed E-state index contributed by atoms with van der Waals surface area (Å²) in [5.41, 5.74) is 2.49. The molecule has 2 amide bonds. The van der Waals surface area contributed by atoms with Crippen molar-refractivity contribution in [1.82, 2.24) is 15.2 Å². The maximum absolute atomic E-state index is 13.3. The number of aromatic amines is 1. The number of aryl methyl sites for hydroxylation is 2. The van der Waals surface area contributed by atoms with Gasteiger partial charge in [-0.1, -0.05) is 35.0 Å². The van der Waals surface area contributed by atoms with Crippen LogP contribution >= 0.6 is 23.4 Å². The first-order chi connectivity index (χ1) is 15.5. The molecule has 11 heteroatoms. The van der Waals surface area contributed by atoms with Crippen molar-refractivity contribution in [2.75, 3.05) is 10.6 Å². The van der Waals surface area contributed by atoms with E-state index >= 15 is 0 Å². The molecule has 0 aliphatic rings. The number of nitrogens with one attached hydrogen (secondary N) is 3. The Morgan fingerprint density at radius 2 is 1.88 bits per heavy atom. The van der Waals surface area contributed by atoms with Crippen LogP contribution in [0.3, 0.4) is 0 Å². The van der Waals surface area contributed by atoms with Crippen LogP contribution in [0.2, 0.25) is 5.02 Å². The quantitative estimate of drug-likeness (QED) is 0.444. The van der Waals surface area contributed by atoms with Crippen LogP contribution in [0.25, 0.3) is 11.3 Å². The van der Waals surface area contributed by atoms with Gasteiger partial charge >= 0.3 is 0 Å². The van der Waals surface area contributed by atoms with E-state index in [1.807, 2.05) is 19.9 Å². The molecule has 1 heterocycles. The molecule has 0 radical (unpaired) electrons. The van der Waals surface area contributed by atoms with E-state index in [-0.39, 0.29) is 21.8 Å². The fourth-order valence-corrected chi connectivity index (χ4v) is 4.01. The maximum atomic E-state index is 13.3. The van der Waals surface area contributed by atoms with Crippen molar-refractivity contribution in [2.45, 2.75) is 38.1 Å². The Bertz CT molecular complexity index is 1300. The van der Waals surface area contributed by atoms with E-state index < -0.39 is 22.5 Å². The van der Waals surface area contributed by atoms with Crippen LogP contribution in [0.4, 0.5) is 15.8 Å². The Morgan fingerprint density at radius 3 is 2.52 bits per heavy atom. The van der Waals surface area contributed by atoms with Crippen molar-refractivity contribution in [3.05, 3.63) is 62.7 Å². The topological polar surface area (TPSA) is 117 Å². The highest BCUT2D eigenvalue weighted by atomic mass is 35.5. The lowest BCUT2D eigenvalue weighted by Crippen LogP contribution is -2.24. The number of hydrogen-bond donors (Lipinski definition) is 3. The van der Waals surface area contributed by atoms with Crippen molar-refractivity contribution >= 4 is 46.6 Å². The lowest BCUT2D eigenvalue weighted by molar-refractivity contribution is -0.115. The Morgan fingerprint density at radius 1 is 1.15 bits per heavy atom. The molecule has 1 atom stereocenters. The number of thioether (sulfide) groups is 1. The summed E-state index contributed by atoms with van der Waals surface area (Å²) >= 11 is 6.73. The molecule has 0 bridgehead atoms. The second kappa shape index (κ2) is 10.1. The molecule has 3 aromatic rings. The number of anilines is 2. The molecule has 0 fully saturated rings. The minimum atomic E-state index is -0.652. The molecule has 0 aliphatic heterocycles. The average molecular weight is 490 g/mol. The van der Waals surface area contributed by atoms with Gasteiger partial charge in [-0.15, -0.1) is 10.2 Å². The normalized spacial score (nSPS) is 11.7. The van der Waals surface area contributed by atoms with Gasteiger partial charge in [0.1, 0.15) is 5.82 Å². The molecule has 172 valence electrons. The maximum Gasteiger partial charge on any atom is 0.278 e. The van der Waals surface area contributed by atoms with Gasteiger partial charge in [0.25, 0.3) is 5.56 Å². The molecule has 0 saturated carbocycles. The lowest BCUT2D eigenvalue weighted by atomic mass is 10.0. The molecule has 0 spiro atoms. The summed E-state index contributed by atoms with van der Waals surface area (Å²) in [6.07, 6.45) is 0. The van der Waals surface area contributed by atoms with Crippen molar-refractivity contribution in [2.24, 2.45) is 0 Å². The number of carbonyl (C=O) groups excluding carboxylic acids is 2. The monoisotopic (exact) mass is 489 g/mol. The Labute approximate surface area is 198 Å². The molecule has 0 aliphatic carbocycles. The van der Waals surface area contributed by atoms with Crippen LogP contribution in [0.15, 0.2) is 40.3 Å². The predicted octanol–water partition coefficient (Wildman–Crippen LogP) is 4.32. The highest BCUT2D eigenvalue weighted by molar-refractivity contribution is 8.00. The van der Waals surface area contributed by atoms with Gasteiger partial charge in [-0.05, 0) is 50.6 Å². The zero-order valence-electron chi connectivity index (χ0n) is 18.2. The first kappa shape index (κ1) is 24.4. The summed E-state index contributed by atoms with van der Waals surface area (Å²) in [4.78, 5) is 39.5. The number of benzene rings is 2. The van der Waals surface area contributed by atoms with E-state index in [0.717, 1.165) is 29.0 Å². The molecule has 3 N–H and O–H groups in total. The van der Waals surface area contributed by atoms with E-state index in [0.29, 0.717) is 16.9 Å². The number of hydrogen-bond acceptors (Lipinski definition) is 6. The van der Waals surface area contributed by atoms with Crippen molar-refractivity contribution in [3.63, 3.8) is 0 Å². The van der Waals surface area contributed by atoms with Gasteiger partial charge in [0.2, 0.25) is 11.8 Å². The van der Waals surface area contributed by atoms with Crippen LogP contribution in [-0.4, -0.2) is 32.2 Å². The number of rotatable bonds is 6. The highest BCUT2D eigenvalue weighted by Crippen LogP contribution is 2.30. The second-order valence-electron chi connectivity index (χ2n) is 7.37. The third kappa shape index (κ3) is 5.96. The molecule has 3 rings (SSSR count). The zero-order valence-corrected chi connectivity index (χ0v) is 19.8. The molecular weight excluding hydrogens is 469 g/mol. The first-order valence-corrected chi connectivity index (χ1v) is 11.1. The Balaban J connectivity index is 1.81. The molecule has 33 heavy (non-hydrogen) atoms. The molecule has 1 aromatic heterocycles. The van der Waals surface area contributed by atoms with Crippen LogP contribution in [0.5, 0.6) is 0 Å².